The lowest BCUT2D eigenvalue weighted by atomic mass is 10.0. The van der Waals surface area contributed by atoms with E-state index in [0.717, 1.165) is 19.3 Å². The molecule has 0 rings (SSSR count). The number of aliphatic hydroxyl groups is 1. The Morgan fingerprint density at radius 2 is 1.12 bits per heavy atom. The smallest absolute Gasteiger partial charge is 0.303 e. The molecule has 0 saturated heterocycles. The van der Waals surface area contributed by atoms with E-state index in [4.69, 9.17) is 10.2 Å². The molecule has 0 amide bonds. The fraction of sp³-hybridized carbons (Fsp3) is 0.857. The van der Waals surface area contributed by atoms with E-state index in [-0.39, 0.29) is 6.10 Å². The van der Waals surface area contributed by atoms with E-state index in [1.807, 2.05) is 6.08 Å². The summed E-state index contributed by atoms with van der Waals surface area (Å²) in [4.78, 5) is 10.4. The van der Waals surface area contributed by atoms with Gasteiger partial charge in [-0.05, 0) is 26.2 Å². The molecule has 0 radical (unpaired) electrons. The highest BCUT2D eigenvalue weighted by Crippen LogP contribution is 2.13. The summed E-state index contributed by atoms with van der Waals surface area (Å²) in [6.07, 6.45) is 22.9. The average molecular weight is 341 g/mol. The summed E-state index contributed by atoms with van der Waals surface area (Å²) < 4.78 is 0. The van der Waals surface area contributed by atoms with Crippen LogP contribution in [0.4, 0.5) is 0 Å². The Kier molecular flexibility index (Phi) is 17.9. The Bertz CT molecular complexity index is 297. The second kappa shape index (κ2) is 18.5. The zero-order valence-corrected chi connectivity index (χ0v) is 15.8. The van der Waals surface area contributed by atoms with Crippen molar-refractivity contribution in [1.29, 1.82) is 0 Å². The van der Waals surface area contributed by atoms with Crippen molar-refractivity contribution >= 4 is 5.97 Å². The maximum absolute atomic E-state index is 10.4. The number of aliphatic hydroxyl groups excluding tert-OH is 1. The van der Waals surface area contributed by atoms with Gasteiger partial charge in [-0.25, -0.2) is 0 Å². The summed E-state index contributed by atoms with van der Waals surface area (Å²) in [6.45, 7) is 1.79. The first-order valence-corrected chi connectivity index (χ1v) is 10.2. The number of allylic oxidation sites excluding steroid dienone is 1. The number of hydrogen-bond donors (Lipinski definition) is 2. The lowest BCUT2D eigenvalue weighted by molar-refractivity contribution is -0.137. The Morgan fingerprint density at radius 1 is 0.750 bits per heavy atom. The van der Waals surface area contributed by atoms with Crippen molar-refractivity contribution in [3.05, 3.63) is 12.2 Å². The van der Waals surface area contributed by atoms with E-state index in [9.17, 15) is 4.79 Å². The topological polar surface area (TPSA) is 57.5 Å². The molecule has 0 aliphatic rings. The molecule has 0 aliphatic carbocycles. The van der Waals surface area contributed by atoms with Crippen molar-refractivity contribution in [1.82, 2.24) is 0 Å². The highest BCUT2D eigenvalue weighted by atomic mass is 16.4. The summed E-state index contributed by atoms with van der Waals surface area (Å²) in [6, 6.07) is 0. The van der Waals surface area contributed by atoms with Crippen LogP contribution in [0, 0.1) is 0 Å². The Hall–Kier alpha value is -0.830. The van der Waals surface area contributed by atoms with Gasteiger partial charge in [-0.1, -0.05) is 89.2 Å². The van der Waals surface area contributed by atoms with Crippen LogP contribution in [0.25, 0.3) is 0 Å². The molecule has 1 unspecified atom stereocenters. The van der Waals surface area contributed by atoms with Gasteiger partial charge in [-0.15, -0.1) is 0 Å². The lowest BCUT2D eigenvalue weighted by Crippen LogP contribution is -1.93. The molecule has 3 heteroatoms. The fourth-order valence-corrected chi connectivity index (χ4v) is 2.95. The monoisotopic (exact) mass is 340 g/mol. The molecule has 0 aromatic rings. The van der Waals surface area contributed by atoms with Crippen LogP contribution in [-0.4, -0.2) is 22.3 Å². The molecular weight excluding hydrogens is 300 g/mol. The van der Waals surface area contributed by atoms with E-state index in [1.54, 1.807) is 6.92 Å². The second-order valence-electron chi connectivity index (χ2n) is 7.05. The van der Waals surface area contributed by atoms with Crippen molar-refractivity contribution in [2.45, 2.75) is 116 Å². The van der Waals surface area contributed by atoms with Crippen molar-refractivity contribution in [3.8, 4) is 0 Å². The lowest BCUT2D eigenvalue weighted by Gasteiger charge is -2.03. The van der Waals surface area contributed by atoms with Crippen molar-refractivity contribution < 1.29 is 15.0 Å². The van der Waals surface area contributed by atoms with Gasteiger partial charge in [0.15, 0.2) is 0 Å². The van der Waals surface area contributed by atoms with Crippen LogP contribution < -0.4 is 0 Å². The predicted molar refractivity (Wildman–Crippen MR) is 102 cm³/mol. The molecule has 0 aromatic carbocycles. The molecule has 0 aliphatic heterocycles. The van der Waals surface area contributed by atoms with Crippen LogP contribution in [0.3, 0.4) is 0 Å². The average Bonchev–Trinajstić information content (AvgIpc) is 2.53. The third kappa shape index (κ3) is 21.2. The quantitative estimate of drug-likeness (QED) is 0.229. The zero-order valence-electron chi connectivity index (χ0n) is 15.8. The minimum atomic E-state index is -0.664. The van der Waals surface area contributed by atoms with Crippen LogP contribution >= 0.6 is 0 Å². The predicted octanol–water partition coefficient (Wildman–Crippen LogP) is 6.25. The third-order valence-corrected chi connectivity index (χ3v) is 4.43. The normalized spacial score (nSPS) is 12.8. The number of carbonyl (C=O) groups is 1. The van der Waals surface area contributed by atoms with Crippen LogP contribution in [-0.2, 0) is 4.79 Å². The standard InChI is InChI=1S/C21H40O3/c1-20(22)18-16-14-12-10-8-6-4-2-3-5-7-9-11-13-15-17-19-21(23)24/h16,18,20,22H,2-15,17,19H2,1H3,(H,23,24). The van der Waals surface area contributed by atoms with Crippen LogP contribution in [0.5, 0.6) is 0 Å². The van der Waals surface area contributed by atoms with Crippen LogP contribution in [0.2, 0.25) is 0 Å². The molecule has 0 heterocycles. The Morgan fingerprint density at radius 3 is 1.50 bits per heavy atom. The summed E-state index contributed by atoms with van der Waals surface area (Å²) in [7, 11) is 0. The largest absolute Gasteiger partial charge is 0.481 e. The van der Waals surface area contributed by atoms with E-state index in [1.165, 1.54) is 77.0 Å². The van der Waals surface area contributed by atoms with E-state index >= 15 is 0 Å². The fourth-order valence-electron chi connectivity index (χ4n) is 2.95. The second-order valence-corrected chi connectivity index (χ2v) is 7.05. The highest BCUT2D eigenvalue weighted by molar-refractivity contribution is 5.66. The number of hydrogen-bond acceptors (Lipinski definition) is 2. The summed E-state index contributed by atoms with van der Waals surface area (Å²) >= 11 is 0. The number of aliphatic carboxylic acids is 1. The first kappa shape index (κ1) is 23.2. The van der Waals surface area contributed by atoms with Gasteiger partial charge in [0, 0.05) is 6.42 Å². The zero-order chi connectivity index (χ0) is 17.9. The molecule has 0 spiro atoms. The van der Waals surface area contributed by atoms with Gasteiger partial charge in [0.25, 0.3) is 0 Å². The van der Waals surface area contributed by atoms with Crippen LogP contribution in [0.1, 0.15) is 110 Å². The maximum Gasteiger partial charge on any atom is 0.303 e. The molecule has 2 N–H and O–H groups in total. The third-order valence-electron chi connectivity index (χ3n) is 4.43. The van der Waals surface area contributed by atoms with Gasteiger partial charge in [0.2, 0.25) is 0 Å². The van der Waals surface area contributed by atoms with Crippen molar-refractivity contribution in [2.24, 2.45) is 0 Å². The first-order chi connectivity index (χ1) is 11.6. The molecule has 0 saturated carbocycles. The minimum absolute atomic E-state index is 0.304. The van der Waals surface area contributed by atoms with Gasteiger partial charge in [0.1, 0.15) is 0 Å². The molecule has 142 valence electrons. The summed E-state index contributed by atoms with van der Waals surface area (Å²) in [5.41, 5.74) is 0. The number of unbranched alkanes of at least 4 members (excludes halogenated alkanes) is 14. The minimum Gasteiger partial charge on any atom is -0.481 e. The van der Waals surface area contributed by atoms with Crippen LogP contribution in [0.15, 0.2) is 12.2 Å². The number of rotatable bonds is 18. The molecule has 0 bridgehead atoms. The highest BCUT2D eigenvalue weighted by Gasteiger charge is 1.97. The molecular formula is C21H40O3. The van der Waals surface area contributed by atoms with Gasteiger partial charge in [-0.3, -0.25) is 4.79 Å². The summed E-state index contributed by atoms with van der Waals surface area (Å²) in [5.74, 6) is -0.664. The number of carboxylic acids is 1. The van der Waals surface area contributed by atoms with E-state index < -0.39 is 5.97 Å². The maximum atomic E-state index is 10.4. The molecule has 24 heavy (non-hydrogen) atoms. The molecule has 0 fully saturated rings. The van der Waals surface area contributed by atoms with Gasteiger partial charge in [-0.2, -0.15) is 0 Å². The molecule has 0 aromatic heterocycles. The van der Waals surface area contributed by atoms with Gasteiger partial charge >= 0.3 is 5.97 Å². The SMILES string of the molecule is CC(O)C=CCCCCCCCCCCCCCCCCC(=O)O. The van der Waals surface area contributed by atoms with E-state index in [2.05, 4.69) is 6.08 Å². The van der Waals surface area contributed by atoms with E-state index in [0.29, 0.717) is 6.42 Å². The first-order valence-electron chi connectivity index (χ1n) is 10.2. The molecule has 3 nitrogen and oxygen atoms in total. The van der Waals surface area contributed by atoms with Gasteiger partial charge < -0.3 is 10.2 Å². The van der Waals surface area contributed by atoms with Crippen molar-refractivity contribution in [3.63, 3.8) is 0 Å². The summed E-state index contributed by atoms with van der Waals surface area (Å²) in [5, 5.41) is 17.6. The molecule has 1 atom stereocenters. The van der Waals surface area contributed by atoms with Gasteiger partial charge in [0.05, 0.1) is 6.10 Å². The van der Waals surface area contributed by atoms with Crippen molar-refractivity contribution in [2.75, 3.05) is 0 Å². The Labute approximate surface area is 149 Å². The Balaban J connectivity index is 3.04. The number of carboxylic acid groups (broad SMARTS) is 1.